The topological polar surface area (TPSA) is 38.5 Å². The van der Waals surface area contributed by atoms with Crippen LogP contribution in [0.15, 0.2) is 18.2 Å². The fourth-order valence-corrected chi connectivity index (χ4v) is 2.57. The maximum atomic E-state index is 5.99. The Morgan fingerprint density at radius 1 is 1.41 bits per heavy atom. The third kappa shape index (κ3) is 3.05. The summed E-state index contributed by atoms with van der Waals surface area (Å²) in [6.07, 6.45) is 2.33. The summed E-state index contributed by atoms with van der Waals surface area (Å²) in [7, 11) is 1.77. The second-order valence-corrected chi connectivity index (χ2v) is 5.03. The number of piperidine rings is 1. The Morgan fingerprint density at radius 2 is 2.12 bits per heavy atom. The number of nitrogen functional groups attached to an aromatic ring is 1. The zero-order chi connectivity index (χ0) is 12.3. The number of methoxy groups -OCH3 is 1. The third-order valence-electron chi connectivity index (χ3n) is 3.35. The van der Waals surface area contributed by atoms with Crippen LogP contribution in [0.25, 0.3) is 0 Å². The average Bonchev–Trinajstić information content (AvgIpc) is 2.31. The van der Waals surface area contributed by atoms with Crippen LogP contribution < -0.4 is 10.6 Å². The Balaban J connectivity index is 2.00. The van der Waals surface area contributed by atoms with Gasteiger partial charge in [-0.15, -0.1) is 0 Å². The predicted molar refractivity (Wildman–Crippen MR) is 72.7 cm³/mol. The molecule has 1 saturated heterocycles. The number of halogens is 1. The summed E-state index contributed by atoms with van der Waals surface area (Å²) in [5, 5.41) is 0.695. The second-order valence-electron chi connectivity index (χ2n) is 4.59. The van der Waals surface area contributed by atoms with Gasteiger partial charge in [-0.3, -0.25) is 0 Å². The van der Waals surface area contributed by atoms with Crippen molar-refractivity contribution in [2.45, 2.75) is 12.8 Å². The first-order chi connectivity index (χ1) is 8.20. The van der Waals surface area contributed by atoms with Gasteiger partial charge in [-0.05, 0) is 37.0 Å². The molecule has 94 valence electrons. The van der Waals surface area contributed by atoms with E-state index in [0.717, 1.165) is 43.9 Å². The van der Waals surface area contributed by atoms with Gasteiger partial charge in [0, 0.05) is 31.8 Å². The molecule has 1 aliphatic heterocycles. The van der Waals surface area contributed by atoms with Gasteiger partial charge in [-0.2, -0.15) is 0 Å². The van der Waals surface area contributed by atoms with Crippen molar-refractivity contribution in [3.8, 4) is 0 Å². The fraction of sp³-hybridized carbons (Fsp3) is 0.538. The number of nitrogens with two attached hydrogens (primary N) is 1. The van der Waals surface area contributed by atoms with Crippen LogP contribution in [0.2, 0.25) is 5.02 Å². The molecular weight excluding hydrogens is 236 g/mol. The van der Waals surface area contributed by atoms with Crippen molar-refractivity contribution in [1.82, 2.24) is 0 Å². The Bertz CT molecular complexity index is 376. The lowest BCUT2D eigenvalue weighted by molar-refractivity contribution is 0.139. The molecule has 2 rings (SSSR count). The summed E-state index contributed by atoms with van der Waals surface area (Å²) in [4.78, 5) is 2.33. The highest BCUT2D eigenvalue weighted by molar-refractivity contribution is 6.31. The number of ether oxygens (including phenoxy) is 1. The molecule has 17 heavy (non-hydrogen) atoms. The maximum Gasteiger partial charge on any atom is 0.0600 e. The summed E-state index contributed by atoms with van der Waals surface area (Å²) in [5.41, 5.74) is 7.86. The van der Waals surface area contributed by atoms with E-state index in [0.29, 0.717) is 10.9 Å². The number of hydrogen-bond donors (Lipinski definition) is 1. The van der Waals surface area contributed by atoms with Crippen LogP contribution >= 0.6 is 11.6 Å². The summed E-state index contributed by atoms with van der Waals surface area (Å²) in [6, 6.07) is 5.72. The summed E-state index contributed by atoms with van der Waals surface area (Å²) < 4.78 is 5.20. The number of nitrogens with zero attached hydrogens (tertiary/aromatic N) is 1. The number of anilines is 2. The number of rotatable bonds is 3. The first kappa shape index (κ1) is 12.5. The molecule has 0 aromatic heterocycles. The lowest BCUT2D eigenvalue weighted by Crippen LogP contribution is -2.35. The van der Waals surface area contributed by atoms with Crippen LogP contribution in [0.1, 0.15) is 12.8 Å². The largest absolute Gasteiger partial charge is 0.397 e. The molecule has 0 amide bonds. The molecule has 3 nitrogen and oxygen atoms in total. The first-order valence-corrected chi connectivity index (χ1v) is 6.37. The monoisotopic (exact) mass is 254 g/mol. The van der Waals surface area contributed by atoms with Crippen molar-refractivity contribution in [3.63, 3.8) is 0 Å². The van der Waals surface area contributed by atoms with Crippen molar-refractivity contribution in [3.05, 3.63) is 23.2 Å². The number of benzene rings is 1. The maximum absolute atomic E-state index is 5.99. The molecule has 0 unspecified atom stereocenters. The summed E-state index contributed by atoms with van der Waals surface area (Å²) >= 11 is 5.91. The van der Waals surface area contributed by atoms with Crippen LogP contribution in [-0.2, 0) is 4.74 Å². The van der Waals surface area contributed by atoms with Crippen molar-refractivity contribution < 1.29 is 4.74 Å². The van der Waals surface area contributed by atoms with E-state index in [-0.39, 0.29) is 0 Å². The third-order valence-corrected chi connectivity index (χ3v) is 3.58. The molecule has 0 atom stereocenters. The summed E-state index contributed by atoms with van der Waals surface area (Å²) in [5.74, 6) is 0.685. The molecule has 0 saturated carbocycles. The highest BCUT2D eigenvalue weighted by Gasteiger charge is 2.20. The van der Waals surface area contributed by atoms with E-state index in [1.807, 2.05) is 18.2 Å². The lowest BCUT2D eigenvalue weighted by atomic mass is 9.97. The Kier molecular flexibility index (Phi) is 4.13. The number of hydrogen-bond acceptors (Lipinski definition) is 3. The van der Waals surface area contributed by atoms with Gasteiger partial charge in [-0.1, -0.05) is 11.6 Å². The van der Waals surface area contributed by atoms with Crippen LogP contribution in [0.4, 0.5) is 11.4 Å². The van der Waals surface area contributed by atoms with Crippen LogP contribution in [0, 0.1) is 5.92 Å². The van der Waals surface area contributed by atoms with Gasteiger partial charge in [0.05, 0.1) is 11.4 Å². The summed E-state index contributed by atoms with van der Waals surface area (Å²) in [6.45, 7) is 2.95. The molecule has 1 aromatic carbocycles. The van der Waals surface area contributed by atoms with Gasteiger partial charge in [0.15, 0.2) is 0 Å². The predicted octanol–water partition coefficient (Wildman–Crippen LogP) is 2.79. The Hall–Kier alpha value is -0.930. The van der Waals surface area contributed by atoms with Crippen molar-refractivity contribution in [2.24, 2.45) is 5.92 Å². The van der Waals surface area contributed by atoms with Gasteiger partial charge in [0.25, 0.3) is 0 Å². The van der Waals surface area contributed by atoms with Gasteiger partial charge in [0.2, 0.25) is 0 Å². The van der Waals surface area contributed by atoms with E-state index in [9.17, 15) is 0 Å². The Labute approximate surface area is 107 Å². The lowest BCUT2D eigenvalue weighted by Gasteiger charge is -2.34. The SMILES string of the molecule is COCC1CCN(c2ccc(Cl)cc2N)CC1. The van der Waals surface area contributed by atoms with E-state index >= 15 is 0 Å². The van der Waals surface area contributed by atoms with Crippen LogP contribution in [0.5, 0.6) is 0 Å². The molecule has 1 aromatic rings. The second kappa shape index (κ2) is 5.61. The standard InChI is InChI=1S/C13H19ClN2O/c1-17-9-10-4-6-16(7-5-10)13-3-2-11(14)8-12(13)15/h2-3,8,10H,4-7,9,15H2,1H3. The molecule has 0 bridgehead atoms. The van der Waals surface area contributed by atoms with Gasteiger partial charge < -0.3 is 15.4 Å². The van der Waals surface area contributed by atoms with E-state index in [2.05, 4.69) is 4.90 Å². The van der Waals surface area contributed by atoms with Gasteiger partial charge in [0.1, 0.15) is 0 Å². The van der Waals surface area contributed by atoms with Crippen LogP contribution in [-0.4, -0.2) is 26.8 Å². The van der Waals surface area contributed by atoms with Crippen molar-refractivity contribution >= 4 is 23.0 Å². The molecular formula is C13H19ClN2O. The first-order valence-electron chi connectivity index (χ1n) is 5.99. The van der Waals surface area contributed by atoms with Crippen molar-refractivity contribution in [2.75, 3.05) is 37.4 Å². The van der Waals surface area contributed by atoms with E-state index in [1.165, 1.54) is 0 Å². The minimum Gasteiger partial charge on any atom is -0.397 e. The molecule has 4 heteroatoms. The van der Waals surface area contributed by atoms with E-state index in [1.54, 1.807) is 7.11 Å². The highest BCUT2D eigenvalue weighted by atomic mass is 35.5. The van der Waals surface area contributed by atoms with Gasteiger partial charge >= 0.3 is 0 Å². The molecule has 1 heterocycles. The zero-order valence-corrected chi connectivity index (χ0v) is 10.9. The molecule has 1 aliphatic rings. The van der Waals surface area contributed by atoms with E-state index < -0.39 is 0 Å². The Morgan fingerprint density at radius 3 is 2.71 bits per heavy atom. The zero-order valence-electron chi connectivity index (χ0n) is 10.2. The highest BCUT2D eigenvalue weighted by Crippen LogP contribution is 2.30. The quantitative estimate of drug-likeness (QED) is 0.843. The molecule has 0 radical (unpaired) electrons. The fourth-order valence-electron chi connectivity index (χ4n) is 2.39. The minimum atomic E-state index is 0.685. The smallest absolute Gasteiger partial charge is 0.0600 e. The minimum absolute atomic E-state index is 0.685. The average molecular weight is 255 g/mol. The molecule has 0 spiro atoms. The molecule has 1 fully saturated rings. The normalized spacial score (nSPS) is 17.4. The van der Waals surface area contributed by atoms with Crippen molar-refractivity contribution in [1.29, 1.82) is 0 Å². The molecule has 0 aliphatic carbocycles. The molecule has 2 N–H and O–H groups in total. The van der Waals surface area contributed by atoms with Crippen LogP contribution in [0.3, 0.4) is 0 Å². The van der Waals surface area contributed by atoms with Gasteiger partial charge in [-0.25, -0.2) is 0 Å². The van der Waals surface area contributed by atoms with E-state index in [4.69, 9.17) is 22.1 Å².